The van der Waals surface area contributed by atoms with E-state index in [-0.39, 0.29) is 17.7 Å². The van der Waals surface area contributed by atoms with Gasteiger partial charge in [-0.1, -0.05) is 23.2 Å². The Morgan fingerprint density at radius 2 is 2.00 bits per heavy atom. The third kappa shape index (κ3) is 3.93. The average Bonchev–Trinajstić information content (AvgIpc) is 3.15. The molecule has 2 heterocycles. The van der Waals surface area contributed by atoms with Crippen molar-refractivity contribution >= 4 is 52.2 Å². The summed E-state index contributed by atoms with van der Waals surface area (Å²) < 4.78 is 10.6. The SMILES string of the molecule is COCCN1C(=O)S/C(=C\c2ccc(-c3ccc(Cl)c(Cl)c3)o2)C1=O. The molecule has 0 aliphatic carbocycles. The number of ether oxygens (including phenoxy) is 1. The van der Waals surface area contributed by atoms with E-state index in [0.717, 1.165) is 22.2 Å². The fourth-order valence-electron chi connectivity index (χ4n) is 2.24. The van der Waals surface area contributed by atoms with Gasteiger partial charge in [-0.05, 0) is 42.1 Å². The Bertz CT molecular complexity index is 862. The van der Waals surface area contributed by atoms with Crippen molar-refractivity contribution in [2.75, 3.05) is 20.3 Å². The Balaban J connectivity index is 1.81. The van der Waals surface area contributed by atoms with Gasteiger partial charge in [0.05, 0.1) is 28.1 Å². The number of imide groups is 1. The fourth-order valence-corrected chi connectivity index (χ4v) is 3.38. The number of thioether (sulfide) groups is 1. The number of benzene rings is 1. The molecule has 1 aromatic heterocycles. The largest absolute Gasteiger partial charge is 0.457 e. The maximum absolute atomic E-state index is 12.3. The molecule has 0 saturated carbocycles. The van der Waals surface area contributed by atoms with Gasteiger partial charge in [0.15, 0.2) is 0 Å². The predicted molar refractivity (Wildman–Crippen MR) is 98.7 cm³/mol. The van der Waals surface area contributed by atoms with Crippen LogP contribution in [0.2, 0.25) is 10.0 Å². The normalized spacial score (nSPS) is 16.3. The second-order valence-electron chi connectivity index (χ2n) is 5.16. The monoisotopic (exact) mass is 397 g/mol. The summed E-state index contributed by atoms with van der Waals surface area (Å²) >= 11 is 12.8. The highest BCUT2D eigenvalue weighted by atomic mass is 35.5. The van der Waals surface area contributed by atoms with Crippen LogP contribution in [0.25, 0.3) is 17.4 Å². The van der Waals surface area contributed by atoms with E-state index in [1.165, 1.54) is 7.11 Å². The van der Waals surface area contributed by atoms with Crippen LogP contribution in [0.1, 0.15) is 5.76 Å². The van der Waals surface area contributed by atoms with E-state index in [2.05, 4.69) is 0 Å². The second-order valence-corrected chi connectivity index (χ2v) is 6.96. The summed E-state index contributed by atoms with van der Waals surface area (Å²) in [5.74, 6) is 0.710. The van der Waals surface area contributed by atoms with Gasteiger partial charge in [-0.2, -0.15) is 0 Å². The molecular weight excluding hydrogens is 385 g/mol. The van der Waals surface area contributed by atoms with Crippen molar-refractivity contribution in [3.63, 3.8) is 0 Å². The number of halogens is 2. The van der Waals surface area contributed by atoms with Gasteiger partial charge in [-0.25, -0.2) is 0 Å². The van der Waals surface area contributed by atoms with E-state index in [1.54, 1.807) is 36.4 Å². The van der Waals surface area contributed by atoms with Gasteiger partial charge in [0.25, 0.3) is 11.1 Å². The zero-order valence-corrected chi connectivity index (χ0v) is 15.5. The van der Waals surface area contributed by atoms with Crippen LogP contribution in [-0.2, 0) is 9.53 Å². The van der Waals surface area contributed by atoms with E-state index in [1.807, 2.05) is 0 Å². The van der Waals surface area contributed by atoms with Crippen LogP contribution in [0.5, 0.6) is 0 Å². The number of carbonyl (C=O) groups excluding carboxylic acids is 2. The lowest BCUT2D eigenvalue weighted by Crippen LogP contribution is -2.31. The van der Waals surface area contributed by atoms with Gasteiger partial charge in [-0.3, -0.25) is 14.5 Å². The summed E-state index contributed by atoms with van der Waals surface area (Å²) in [6, 6.07) is 8.66. The number of hydrogen-bond donors (Lipinski definition) is 0. The first-order valence-electron chi connectivity index (χ1n) is 7.29. The van der Waals surface area contributed by atoms with Crippen LogP contribution in [0.15, 0.2) is 39.7 Å². The molecule has 1 aromatic carbocycles. The molecule has 2 amide bonds. The van der Waals surface area contributed by atoms with Gasteiger partial charge >= 0.3 is 0 Å². The smallest absolute Gasteiger partial charge is 0.293 e. The molecule has 0 unspecified atom stereocenters. The van der Waals surface area contributed by atoms with E-state index >= 15 is 0 Å². The Kier molecular flexibility index (Phi) is 5.54. The number of rotatable bonds is 5. The zero-order valence-electron chi connectivity index (χ0n) is 13.1. The summed E-state index contributed by atoms with van der Waals surface area (Å²) in [6.07, 6.45) is 1.55. The lowest BCUT2D eigenvalue weighted by Gasteiger charge is -2.10. The van der Waals surface area contributed by atoms with Crippen molar-refractivity contribution in [3.05, 3.63) is 51.0 Å². The first-order chi connectivity index (χ1) is 12.0. The van der Waals surface area contributed by atoms with E-state index in [9.17, 15) is 9.59 Å². The Morgan fingerprint density at radius 1 is 1.20 bits per heavy atom. The highest BCUT2D eigenvalue weighted by Gasteiger charge is 2.34. The van der Waals surface area contributed by atoms with Crippen molar-refractivity contribution in [1.29, 1.82) is 0 Å². The first kappa shape index (κ1) is 18.1. The zero-order chi connectivity index (χ0) is 18.0. The molecule has 0 atom stereocenters. The van der Waals surface area contributed by atoms with Crippen LogP contribution in [0, 0.1) is 0 Å². The van der Waals surface area contributed by atoms with Crippen LogP contribution in [0.3, 0.4) is 0 Å². The van der Waals surface area contributed by atoms with Crippen molar-refractivity contribution in [2.45, 2.75) is 0 Å². The third-order valence-electron chi connectivity index (χ3n) is 3.50. The molecule has 5 nitrogen and oxygen atoms in total. The number of carbonyl (C=O) groups is 2. The maximum atomic E-state index is 12.3. The topological polar surface area (TPSA) is 59.8 Å². The quantitative estimate of drug-likeness (QED) is 0.668. The highest BCUT2D eigenvalue weighted by molar-refractivity contribution is 8.18. The molecule has 8 heteroatoms. The standard InChI is InChI=1S/C17H13Cl2NO4S/c1-23-7-6-20-16(21)15(25-17(20)22)9-11-3-5-14(24-11)10-2-4-12(18)13(19)8-10/h2-5,8-9H,6-7H2,1H3/b15-9-. The molecule has 1 aliphatic rings. The molecule has 2 aromatic rings. The van der Waals surface area contributed by atoms with Gasteiger partial charge < -0.3 is 9.15 Å². The number of furan rings is 1. The van der Waals surface area contributed by atoms with Gasteiger partial charge in [0.1, 0.15) is 11.5 Å². The molecule has 0 spiro atoms. The molecule has 1 saturated heterocycles. The van der Waals surface area contributed by atoms with Crippen LogP contribution in [-0.4, -0.2) is 36.3 Å². The van der Waals surface area contributed by atoms with Crippen LogP contribution in [0.4, 0.5) is 4.79 Å². The van der Waals surface area contributed by atoms with E-state index in [0.29, 0.717) is 33.1 Å². The minimum atomic E-state index is -0.348. The van der Waals surface area contributed by atoms with E-state index < -0.39 is 0 Å². The Hall–Kier alpha value is -1.73. The third-order valence-corrected chi connectivity index (χ3v) is 5.14. The minimum Gasteiger partial charge on any atom is -0.457 e. The van der Waals surface area contributed by atoms with Gasteiger partial charge in [0.2, 0.25) is 0 Å². The number of amides is 2. The number of methoxy groups -OCH3 is 1. The summed E-state index contributed by atoms with van der Waals surface area (Å²) in [6.45, 7) is 0.527. The number of hydrogen-bond acceptors (Lipinski definition) is 5. The summed E-state index contributed by atoms with van der Waals surface area (Å²) in [7, 11) is 1.52. The molecule has 3 rings (SSSR count). The first-order valence-corrected chi connectivity index (χ1v) is 8.86. The van der Waals surface area contributed by atoms with Crippen LogP contribution >= 0.6 is 35.0 Å². The molecule has 0 bridgehead atoms. The molecule has 1 aliphatic heterocycles. The molecular formula is C17H13Cl2NO4S. The summed E-state index contributed by atoms with van der Waals surface area (Å²) in [5.41, 5.74) is 0.766. The summed E-state index contributed by atoms with van der Waals surface area (Å²) in [4.78, 5) is 25.6. The summed E-state index contributed by atoms with van der Waals surface area (Å²) in [5, 5.41) is 0.572. The molecule has 0 radical (unpaired) electrons. The Labute approximate surface area is 158 Å². The molecule has 1 fully saturated rings. The maximum Gasteiger partial charge on any atom is 0.293 e. The average molecular weight is 398 g/mol. The van der Waals surface area contributed by atoms with Crippen molar-refractivity contribution in [2.24, 2.45) is 0 Å². The number of nitrogens with zero attached hydrogens (tertiary/aromatic N) is 1. The Morgan fingerprint density at radius 3 is 2.72 bits per heavy atom. The lowest BCUT2D eigenvalue weighted by molar-refractivity contribution is -0.123. The van der Waals surface area contributed by atoms with Gasteiger partial charge in [-0.15, -0.1) is 0 Å². The highest BCUT2D eigenvalue weighted by Crippen LogP contribution is 2.34. The van der Waals surface area contributed by atoms with Crippen molar-refractivity contribution in [3.8, 4) is 11.3 Å². The van der Waals surface area contributed by atoms with Crippen molar-refractivity contribution < 1.29 is 18.7 Å². The molecule has 130 valence electrons. The van der Waals surface area contributed by atoms with E-state index in [4.69, 9.17) is 32.4 Å². The lowest BCUT2D eigenvalue weighted by atomic mass is 10.2. The van der Waals surface area contributed by atoms with Gasteiger partial charge in [0, 0.05) is 18.7 Å². The van der Waals surface area contributed by atoms with Crippen LogP contribution < -0.4 is 0 Å². The minimum absolute atomic E-state index is 0.227. The predicted octanol–water partition coefficient (Wildman–Crippen LogP) is 4.94. The molecule has 25 heavy (non-hydrogen) atoms. The fraction of sp³-hybridized carbons (Fsp3) is 0.176. The second kappa shape index (κ2) is 7.66. The van der Waals surface area contributed by atoms with Crippen molar-refractivity contribution in [1.82, 2.24) is 4.90 Å². The molecule has 0 N–H and O–H groups in total.